The van der Waals surface area contributed by atoms with E-state index in [1.165, 1.54) is 27.8 Å². The monoisotopic (exact) mass is 618 g/mol. The van der Waals surface area contributed by atoms with Crippen molar-refractivity contribution in [2.45, 2.75) is 13.8 Å². The molecule has 0 atom stereocenters. The molecule has 0 spiro atoms. The van der Waals surface area contributed by atoms with Crippen molar-refractivity contribution in [1.29, 1.82) is 0 Å². The van der Waals surface area contributed by atoms with E-state index < -0.39 is 0 Å². The average Bonchev–Trinajstić information content (AvgIpc) is 3.14. The Hall–Kier alpha value is -6.12. The van der Waals surface area contributed by atoms with Crippen LogP contribution in [-0.4, -0.2) is 0 Å². The van der Waals surface area contributed by atoms with Crippen molar-refractivity contribution in [2.24, 2.45) is 0 Å². The molecule has 232 valence electrons. The Labute approximate surface area is 284 Å². The van der Waals surface area contributed by atoms with E-state index >= 15 is 0 Å². The van der Waals surface area contributed by atoms with Crippen LogP contribution in [0.5, 0.6) is 0 Å². The van der Waals surface area contributed by atoms with E-state index in [-0.39, 0.29) is 0 Å². The van der Waals surface area contributed by atoms with Gasteiger partial charge in [0.15, 0.2) is 0 Å². The van der Waals surface area contributed by atoms with Gasteiger partial charge in [-0.25, -0.2) is 0 Å². The number of anilines is 6. The van der Waals surface area contributed by atoms with Crippen LogP contribution in [0.15, 0.2) is 182 Å². The lowest BCUT2D eigenvalue weighted by atomic mass is 10.0. The van der Waals surface area contributed by atoms with Gasteiger partial charge < -0.3 is 9.80 Å². The second-order valence-electron chi connectivity index (χ2n) is 12.1. The predicted molar refractivity (Wildman–Crippen MR) is 206 cm³/mol. The Bertz CT molecular complexity index is 2060. The highest BCUT2D eigenvalue weighted by molar-refractivity contribution is 5.80. The molecular weight excluding hydrogens is 581 g/mol. The largest absolute Gasteiger partial charge is 0.311 e. The standard InChI is InChI=1S/C46H38N2/c1-35-16-28-43(29-17-35)48(46-15-9-10-36(2)34-46)44-30-22-38(23-31-44)19-18-37-20-24-39(25-21-37)40-26-32-45(33-27-40)47(41-11-5-3-6-12-41)42-13-7-4-8-14-42/h3-34H,1-2H3/b19-18+. The second kappa shape index (κ2) is 14.1. The summed E-state index contributed by atoms with van der Waals surface area (Å²) in [6.07, 6.45) is 4.36. The van der Waals surface area contributed by atoms with Crippen molar-refractivity contribution in [3.05, 3.63) is 204 Å². The Balaban J connectivity index is 1.07. The number of nitrogens with zero attached hydrogens (tertiary/aromatic N) is 2. The molecule has 0 N–H and O–H groups in total. The average molecular weight is 619 g/mol. The molecular formula is C46H38N2. The van der Waals surface area contributed by atoms with E-state index in [4.69, 9.17) is 0 Å². The molecule has 0 aromatic heterocycles. The first kappa shape index (κ1) is 30.5. The van der Waals surface area contributed by atoms with E-state index in [1.54, 1.807) is 0 Å². The van der Waals surface area contributed by atoms with Crippen molar-refractivity contribution in [3.63, 3.8) is 0 Å². The Morgan fingerprint density at radius 3 is 1.19 bits per heavy atom. The molecule has 0 radical (unpaired) electrons. The van der Waals surface area contributed by atoms with E-state index in [0.717, 1.165) is 39.7 Å². The molecule has 0 saturated heterocycles. The van der Waals surface area contributed by atoms with Crippen LogP contribution in [0.25, 0.3) is 23.3 Å². The lowest BCUT2D eigenvalue weighted by Gasteiger charge is -2.26. The van der Waals surface area contributed by atoms with Crippen LogP contribution in [0.2, 0.25) is 0 Å². The molecule has 0 amide bonds. The first-order valence-corrected chi connectivity index (χ1v) is 16.4. The highest BCUT2D eigenvalue weighted by Crippen LogP contribution is 2.37. The Kier molecular flexibility index (Phi) is 8.97. The highest BCUT2D eigenvalue weighted by atomic mass is 15.1. The van der Waals surface area contributed by atoms with Crippen molar-refractivity contribution in [1.82, 2.24) is 0 Å². The van der Waals surface area contributed by atoms with Gasteiger partial charge in [0.05, 0.1) is 0 Å². The number of hydrogen-bond donors (Lipinski definition) is 0. The van der Waals surface area contributed by atoms with Gasteiger partial charge in [0.1, 0.15) is 0 Å². The molecule has 2 heteroatoms. The Morgan fingerprint density at radius 1 is 0.312 bits per heavy atom. The molecule has 0 saturated carbocycles. The van der Waals surface area contributed by atoms with Gasteiger partial charge in [-0.1, -0.05) is 127 Å². The quantitative estimate of drug-likeness (QED) is 0.149. The van der Waals surface area contributed by atoms with E-state index in [1.807, 2.05) is 0 Å². The van der Waals surface area contributed by atoms with E-state index in [9.17, 15) is 0 Å². The van der Waals surface area contributed by atoms with Gasteiger partial charge in [-0.3, -0.25) is 0 Å². The first-order chi connectivity index (χ1) is 23.6. The predicted octanol–water partition coefficient (Wildman–Crippen LogP) is 13.1. The fraction of sp³-hybridized carbons (Fsp3) is 0.0435. The molecule has 7 rings (SSSR count). The van der Waals surface area contributed by atoms with Crippen LogP contribution < -0.4 is 9.80 Å². The molecule has 7 aromatic rings. The maximum atomic E-state index is 2.31. The van der Waals surface area contributed by atoms with Crippen LogP contribution in [-0.2, 0) is 0 Å². The molecule has 7 aromatic carbocycles. The topological polar surface area (TPSA) is 6.48 Å². The summed E-state index contributed by atoms with van der Waals surface area (Å²) in [5.74, 6) is 0. The summed E-state index contributed by atoms with van der Waals surface area (Å²) in [6.45, 7) is 4.26. The molecule has 0 heterocycles. The molecule has 2 nitrogen and oxygen atoms in total. The van der Waals surface area contributed by atoms with Gasteiger partial charge in [-0.15, -0.1) is 0 Å². The lowest BCUT2D eigenvalue weighted by Crippen LogP contribution is -2.10. The van der Waals surface area contributed by atoms with Crippen LogP contribution >= 0.6 is 0 Å². The van der Waals surface area contributed by atoms with Crippen molar-refractivity contribution in [2.75, 3.05) is 9.80 Å². The third kappa shape index (κ3) is 6.99. The summed E-state index contributed by atoms with van der Waals surface area (Å²) < 4.78 is 0. The van der Waals surface area contributed by atoms with Gasteiger partial charge in [0.25, 0.3) is 0 Å². The van der Waals surface area contributed by atoms with Crippen molar-refractivity contribution < 1.29 is 0 Å². The number of rotatable bonds is 9. The minimum atomic E-state index is 1.13. The molecule has 0 bridgehead atoms. The summed E-state index contributed by atoms with van der Waals surface area (Å²) in [6, 6.07) is 64.7. The minimum absolute atomic E-state index is 1.13. The van der Waals surface area contributed by atoms with Gasteiger partial charge in [0.2, 0.25) is 0 Å². The maximum Gasteiger partial charge on any atom is 0.0464 e. The van der Waals surface area contributed by atoms with Gasteiger partial charge in [-0.2, -0.15) is 0 Å². The molecule has 0 aliphatic carbocycles. The summed E-state index contributed by atoms with van der Waals surface area (Å²) in [7, 11) is 0. The number of para-hydroxylation sites is 2. The molecule has 0 aliphatic heterocycles. The van der Waals surface area contributed by atoms with Gasteiger partial charge >= 0.3 is 0 Å². The Morgan fingerprint density at radius 2 is 0.688 bits per heavy atom. The first-order valence-electron chi connectivity index (χ1n) is 16.4. The normalized spacial score (nSPS) is 11.0. The van der Waals surface area contributed by atoms with E-state index in [2.05, 4.69) is 218 Å². The van der Waals surface area contributed by atoms with Crippen molar-refractivity contribution in [3.8, 4) is 11.1 Å². The molecule has 0 aliphatic rings. The van der Waals surface area contributed by atoms with Crippen LogP contribution in [0.1, 0.15) is 22.3 Å². The zero-order valence-corrected chi connectivity index (χ0v) is 27.4. The molecule has 0 unspecified atom stereocenters. The zero-order chi connectivity index (χ0) is 32.7. The fourth-order valence-corrected chi connectivity index (χ4v) is 6.03. The van der Waals surface area contributed by atoms with Crippen LogP contribution in [0, 0.1) is 13.8 Å². The molecule has 0 fully saturated rings. The summed E-state index contributed by atoms with van der Waals surface area (Å²) in [5.41, 5.74) is 14.0. The zero-order valence-electron chi connectivity index (χ0n) is 27.4. The third-order valence-electron chi connectivity index (χ3n) is 8.57. The SMILES string of the molecule is Cc1ccc(N(c2ccc(/C=C/c3ccc(-c4ccc(N(c5ccccc5)c5ccccc5)cc4)cc3)cc2)c2cccc(C)c2)cc1. The molecule has 48 heavy (non-hydrogen) atoms. The maximum absolute atomic E-state index is 2.31. The van der Waals surface area contributed by atoms with Crippen LogP contribution in [0.3, 0.4) is 0 Å². The smallest absolute Gasteiger partial charge is 0.0464 e. The fourth-order valence-electron chi connectivity index (χ4n) is 6.03. The summed E-state index contributed by atoms with van der Waals surface area (Å²) in [5, 5.41) is 0. The minimum Gasteiger partial charge on any atom is -0.311 e. The number of hydrogen-bond acceptors (Lipinski definition) is 2. The van der Waals surface area contributed by atoms with Crippen molar-refractivity contribution >= 4 is 46.3 Å². The summed E-state index contributed by atoms with van der Waals surface area (Å²) >= 11 is 0. The highest BCUT2D eigenvalue weighted by Gasteiger charge is 2.13. The van der Waals surface area contributed by atoms with Gasteiger partial charge in [0, 0.05) is 34.1 Å². The lowest BCUT2D eigenvalue weighted by molar-refractivity contribution is 1.26. The number of benzene rings is 7. The van der Waals surface area contributed by atoms with Crippen LogP contribution in [0.4, 0.5) is 34.1 Å². The second-order valence-corrected chi connectivity index (χ2v) is 12.1. The number of aryl methyl sites for hydroxylation is 2. The van der Waals surface area contributed by atoms with E-state index in [0.29, 0.717) is 0 Å². The van der Waals surface area contributed by atoms with Gasteiger partial charge in [-0.05, 0) is 114 Å². The third-order valence-corrected chi connectivity index (χ3v) is 8.57. The summed E-state index contributed by atoms with van der Waals surface area (Å²) in [4.78, 5) is 4.60.